The van der Waals surface area contributed by atoms with Crippen LogP contribution in [0.25, 0.3) is 22.5 Å². The van der Waals surface area contributed by atoms with E-state index in [1.807, 2.05) is 0 Å². The number of hydrogen-bond donors (Lipinski definition) is 1. The smallest absolute Gasteiger partial charge is 0.261 e. The largest absolute Gasteiger partial charge is 0.497 e. The highest BCUT2D eigenvalue weighted by Crippen LogP contribution is 2.34. The summed E-state index contributed by atoms with van der Waals surface area (Å²) < 4.78 is 79.0. The second kappa shape index (κ2) is 10.0. The van der Waals surface area contributed by atoms with E-state index in [-0.39, 0.29) is 5.69 Å². The number of amides is 1. The molecule has 0 bridgehead atoms. The molecule has 10 heteroatoms. The van der Waals surface area contributed by atoms with Crippen LogP contribution in [0.5, 0.6) is 11.5 Å². The van der Waals surface area contributed by atoms with Crippen molar-refractivity contribution in [1.29, 1.82) is 0 Å². The van der Waals surface area contributed by atoms with Crippen molar-refractivity contribution in [1.82, 2.24) is 4.98 Å². The van der Waals surface area contributed by atoms with Crippen LogP contribution in [-0.4, -0.2) is 25.1 Å². The first-order valence-corrected chi connectivity index (χ1v) is 10.4. The van der Waals surface area contributed by atoms with Crippen molar-refractivity contribution in [3.63, 3.8) is 0 Å². The summed E-state index contributed by atoms with van der Waals surface area (Å²) >= 11 is 0. The van der Waals surface area contributed by atoms with Crippen molar-refractivity contribution in [2.45, 2.75) is 0 Å². The van der Waals surface area contributed by atoms with Gasteiger partial charge in [0.05, 0.1) is 25.6 Å². The van der Waals surface area contributed by atoms with Crippen LogP contribution >= 0.6 is 0 Å². The maximum absolute atomic E-state index is 14.0. The number of ether oxygens (including phenoxy) is 2. The van der Waals surface area contributed by atoms with E-state index in [4.69, 9.17) is 9.47 Å². The molecule has 0 saturated heterocycles. The molecule has 0 saturated carbocycles. The molecule has 0 unspecified atom stereocenters. The van der Waals surface area contributed by atoms with Gasteiger partial charge >= 0.3 is 0 Å². The van der Waals surface area contributed by atoms with Gasteiger partial charge in [0, 0.05) is 16.8 Å². The van der Waals surface area contributed by atoms with Crippen molar-refractivity contribution in [2.75, 3.05) is 19.5 Å². The average molecular weight is 500 g/mol. The van der Waals surface area contributed by atoms with Crippen LogP contribution in [0.1, 0.15) is 10.4 Å². The predicted octanol–water partition coefficient (Wildman–Crippen LogP) is 6.38. The van der Waals surface area contributed by atoms with E-state index in [2.05, 4.69) is 10.3 Å². The van der Waals surface area contributed by atoms with Crippen LogP contribution in [0.2, 0.25) is 0 Å². The Bertz CT molecular complexity index is 1450. The number of nitrogens with zero attached hydrogens (tertiary/aromatic N) is 1. The Morgan fingerprint density at radius 3 is 2.06 bits per heavy atom. The molecule has 0 spiro atoms. The molecule has 0 radical (unpaired) electrons. The van der Waals surface area contributed by atoms with E-state index < -0.39 is 40.6 Å². The number of aromatic nitrogens is 1. The normalized spacial score (nSPS) is 10.8. The molecule has 0 fully saturated rings. The highest BCUT2D eigenvalue weighted by molar-refractivity contribution is 6.05. The third-order valence-electron chi connectivity index (χ3n) is 5.28. The summed E-state index contributed by atoms with van der Waals surface area (Å²) in [7, 11) is 3.05. The van der Waals surface area contributed by atoms with Crippen molar-refractivity contribution in [3.8, 4) is 34.0 Å². The molecule has 4 rings (SSSR count). The van der Waals surface area contributed by atoms with Crippen LogP contribution < -0.4 is 14.8 Å². The number of carbonyl (C=O) groups excluding carboxylic acids is 1. The number of nitrogens with one attached hydrogen (secondary N) is 1. The average Bonchev–Trinajstić information content (AvgIpc) is 2.90. The van der Waals surface area contributed by atoms with Crippen molar-refractivity contribution in [2.24, 2.45) is 0 Å². The Balaban J connectivity index is 1.67. The van der Waals surface area contributed by atoms with E-state index >= 15 is 0 Å². The van der Waals surface area contributed by atoms with Crippen molar-refractivity contribution < 1.29 is 36.2 Å². The first-order chi connectivity index (χ1) is 17.2. The summed E-state index contributed by atoms with van der Waals surface area (Å²) in [6.07, 6.45) is 0. The van der Waals surface area contributed by atoms with E-state index in [0.29, 0.717) is 34.0 Å². The number of hydrogen-bond acceptors (Lipinski definition) is 4. The molecule has 1 amide bonds. The number of methoxy groups -OCH3 is 2. The van der Waals surface area contributed by atoms with Crippen LogP contribution in [0.15, 0.2) is 60.7 Å². The minimum Gasteiger partial charge on any atom is -0.497 e. The quantitative estimate of drug-likeness (QED) is 0.190. The van der Waals surface area contributed by atoms with E-state index in [0.717, 1.165) is 0 Å². The lowest BCUT2D eigenvalue weighted by molar-refractivity contribution is 0.101. The van der Waals surface area contributed by atoms with Gasteiger partial charge in [-0.3, -0.25) is 4.79 Å². The van der Waals surface area contributed by atoms with Gasteiger partial charge in [-0.2, -0.15) is 0 Å². The molecule has 0 aliphatic rings. The third-order valence-corrected chi connectivity index (χ3v) is 5.28. The Kier molecular flexibility index (Phi) is 6.86. The molecule has 1 aromatic heterocycles. The molecule has 5 nitrogen and oxygen atoms in total. The maximum atomic E-state index is 14.0. The summed E-state index contributed by atoms with van der Waals surface area (Å²) in [4.78, 5) is 17.0. The van der Waals surface area contributed by atoms with E-state index in [1.165, 1.54) is 32.4 Å². The fourth-order valence-electron chi connectivity index (χ4n) is 3.51. The van der Waals surface area contributed by atoms with Gasteiger partial charge in [0.15, 0.2) is 23.3 Å². The molecule has 3 aromatic carbocycles. The minimum absolute atomic E-state index is 0.0487. The summed E-state index contributed by atoms with van der Waals surface area (Å²) in [5.74, 6) is -11.5. The molecule has 1 N–H and O–H groups in total. The first-order valence-electron chi connectivity index (χ1n) is 10.4. The molecular weight excluding hydrogens is 483 g/mol. The van der Waals surface area contributed by atoms with Gasteiger partial charge in [-0.15, -0.1) is 0 Å². The predicted molar refractivity (Wildman–Crippen MR) is 122 cm³/mol. The number of carbonyl (C=O) groups is 1. The van der Waals surface area contributed by atoms with Crippen LogP contribution in [-0.2, 0) is 0 Å². The highest BCUT2D eigenvalue weighted by Gasteiger charge is 2.29. The number of pyridine rings is 1. The van der Waals surface area contributed by atoms with Crippen LogP contribution in [0.3, 0.4) is 0 Å². The lowest BCUT2D eigenvalue weighted by Gasteiger charge is -2.12. The standard InChI is InChI=1S/C26H17F5N2O3/c1-35-15-9-10-19(36-2)16(12-15)18-8-4-7-17(33-18)13-5-3-6-14(11-13)32-26(34)20-21(27)23(29)25(31)24(30)22(20)28/h3-12H,1-2H3,(H,32,34). The second-order valence-electron chi connectivity index (χ2n) is 7.45. The molecule has 1 heterocycles. The van der Waals surface area contributed by atoms with Crippen molar-refractivity contribution >= 4 is 11.6 Å². The number of anilines is 1. The number of benzene rings is 3. The van der Waals surface area contributed by atoms with Crippen LogP contribution in [0, 0.1) is 29.1 Å². The molecule has 0 aliphatic carbocycles. The van der Waals surface area contributed by atoms with E-state index in [1.54, 1.807) is 42.5 Å². The summed E-state index contributed by atoms with van der Waals surface area (Å²) in [6, 6.07) is 16.5. The monoisotopic (exact) mass is 500 g/mol. The molecule has 4 aromatic rings. The molecule has 184 valence electrons. The van der Waals surface area contributed by atoms with Crippen molar-refractivity contribution in [3.05, 3.63) is 95.3 Å². The molecular formula is C26H17F5N2O3. The second-order valence-corrected chi connectivity index (χ2v) is 7.45. The zero-order valence-corrected chi connectivity index (χ0v) is 18.8. The summed E-state index contributed by atoms with van der Waals surface area (Å²) in [6.45, 7) is 0. The van der Waals surface area contributed by atoms with Gasteiger partial charge in [-0.25, -0.2) is 26.9 Å². The topological polar surface area (TPSA) is 60.5 Å². The summed E-state index contributed by atoms with van der Waals surface area (Å²) in [5, 5.41) is 2.16. The lowest BCUT2D eigenvalue weighted by Crippen LogP contribution is -2.19. The molecule has 0 aliphatic heterocycles. The van der Waals surface area contributed by atoms with Crippen LogP contribution in [0.4, 0.5) is 27.6 Å². The molecule has 0 atom stereocenters. The van der Waals surface area contributed by atoms with Gasteiger partial charge in [0.2, 0.25) is 5.82 Å². The van der Waals surface area contributed by atoms with E-state index in [9.17, 15) is 26.7 Å². The Morgan fingerprint density at radius 1 is 0.750 bits per heavy atom. The highest BCUT2D eigenvalue weighted by atomic mass is 19.2. The zero-order chi connectivity index (χ0) is 26.0. The lowest BCUT2D eigenvalue weighted by atomic mass is 10.1. The minimum atomic E-state index is -2.35. The summed E-state index contributed by atoms with van der Waals surface area (Å²) in [5.41, 5.74) is 0.668. The Morgan fingerprint density at radius 2 is 1.39 bits per heavy atom. The SMILES string of the molecule is COc1ccc(OC)c(-c2cccc(-c3cccc(NC(=O)c4c(F)c(F)c(F)c(F)c4F)c3)n2)c1. The first kappa shape index (κ1) is 24.6. The van der Waals surface area contributed by atoms with Gasteiger partial charge in [0.25, 0.3) is 5.91 Å². The molecule has 36 heavy (non-hydrogen) atoms. The van der Waals surface area contributed by atoms with Gasteiger partial charge < -0.3 is 14.8 Å². The fourth-order valence-corrected chi connectivity index (χ4v) is 3.51. The number of rotatable bonds is 6. The fraction of sp³-hybridized carbons (Fsp3) is 0.0769. The zero-order valence-electron chi connectivity index (χ0n) is 18.8. The van der Waals surface area contributed by atoms with Gasteiger partial charge in [-0.1, -0.05) is 18.2 Å². The van der Waals surface area contributed by atoms with Gasteiger partial charge in [-0.05, 0) is 42.5 Å². The number of halogens is 5. The maximum Gasteiger partial charge on any atom is 0.261 e. The van der Waals surface area contributed by atoms with Gasteiger partial charge in [0.1, 0.15) is 17.1 Å². The third kappa shape index (κ3) is 4.57. The Labute approximate surface area is 202 Å². The Hall–Kier alpha value is -4.47.